The topological polar surface area (TPSA) is 63.8 Å². The van der Waals surface area contributed by atoms with Crippen LogP contribution in [0.3, 0.4) is 0 Å². The van der Waals surface area contributed by atoms with Gasteiger partial charge in [0.25, 0.3) is 5.91 Å². The fourth-order valence-corrected chi connectivity index (χ4v) is 5.66. The van der Waals surface area contributed by atoms with Crippen LogP contribution in [0.2, 0.25) is 0 Å². The average Bonchev–Trinajstić information content (AvgIpc) is 3.46. The fraction of sp³-hybridized carbons (Fsp3) is 0.182. The summed E-state index contributed by atoms with van der Waals surface area (Å²) >= 11 is 3.92. The number of hydrogen-bond donors (Lipinski definition) is 1. The molecular weight excluding hydrogens is 404 g/mol. The van der Waals surface area contributed by atoms with Crippen molar-refractivity contribution in [1.29, 1.82) is 0 Å². The average molecular weight is 425 g/mol. The lowest BCUT2D eigenvalue weighted by molar-refractivity contribution is -0.123. The van der Waals surface area contributed by atoms with Crippen LogP contribution in [0, 0.1) is 0 Å². The maximum absolute atomic E-state index is 11.9. The molecule has 7 heteroatoms. The van der Waals surface area contributed by atoms with Crippen LogP contribution in [0.5, 0.6) is 5.75 Å². The lowest BCUT2D eigenvalue weighted by Crippen LogP contribution is -2.24. The maximum atomic E-state index is 11.9. The third kappa shape index (κ3) is 5.46. The summed E-state index contributed by atoms with van der Waals surface area (Å²) in [6, 6.07) is 21.4. The molecule has 1 aliphatic heterocycles. The van der Waals surface area contributed by atoms with Gasteiger partial charge in [-0.1, -0.05) is 42.5 Å². The van der Waals surface area contributed by atoms with Crippen molar-refractivity contribution in [3.8, 4) is 17.1 Å². The Kier molecular flexibility index (Phi) is 6.59. The van der Waals surface area contributed by atoms with Crippen molar-refractivity contribution in [2.75, 3.05) is 18.1 Å². The summed E-state index contributed by atoms with van der Waals surface area (Å²) in [5.41, 5.74) is 4.72. The Morgan fingerprint density at radius 3 is 2.59 bits per heavy atom. The van der Waals surface area contributed by atoms with Gasteiger partial charge in [0.15, 0.2) is 6.61 Å². The molecule has 4 rings (SSSR count). The molecule has 3 aromatic rings. The molecule has 1 amide bonds. The van der Waals surface area contributed by atoms with Gasteiger partial charge in [0.1, 0.15) is 17.3 Å². The monoisotopic (exact) mass is 424 g/mol. The van der Waals surface area contributed by atoms with Crippen molar-refractivity contribution in [2.24, 2.45) is 5.10 Å². The molecule has 29 heavy (non-hydrogen) atoms. The molecule has 0 atom stereocenters. The number of amides is 1. The number of carbonyl (C=O) groups is 1. The van der Waals surface area contributed by atoms with E-state index in [2.05, 4.69) is 22.7 Å². The summed E-state index contributed by atoms with van der Waals surface area (Å²) in [5, 5.41) is 3.92. The van der Waals surface area contributed by atoms with E-state index in [0.717, 1.165) is 11.3 Å². The zero-order valence-electron chi connectivity index (χ0n) is 15.6. The maximum Gasteiger partial charge on any atom is 0.277 e. The van der Waals surface area contributed by atoms with E-state index in [1.807, 2.05) is 72.1 Å². The Bertz CT molecular complexity index is 965. The second-order valence-electron chi connectivity index (χ2n) is 6.29. The Morgan fingerprint density at radius 1 is 1.07 bits per heavy atom. The Balaban J connectivity index is 1.23. The lowest BCUT2D eigenvalue weighted by Gasteiger charge is -2.09. The van der Waals surface area contributed by atoms with E-state index < -0.39 is 0 Å². The van der Waals surface area contributed by atoms with E-state index in [0.29, 0.717) is 16.1 Å². The molecule has 1 aliphatic rings. The zero-order valence-corrected chi connectivity index (χ0v) is 17.2. The number of rotatable bonds is 7. The largest absolute Gasteiger partial charge is 0.484 e. The van der Waals surface area contributed by atoms with Crippen molar-refractivity contribution in [3.63, 3.8) is 0 Å². The molecule has 0 bridgehead atoms. The highest BCUT2D eigenvalue weighted by Gasteiger charge is 2.17. The normalized spacial score (nSPS) is 14.3. The van der Waals surface area contributed by atoms with Crippen LogP contribution in [0.4, 0.5) is 0 Å². The Hall–Kier alpha value is -2.64. The molecule has 1 saturated heterocycles. The minimum absolute atomic E-state index is 0.100. The molecule has 148 valence electrons. The molecule has 0 aliphatic carbocycles. The molecule has 2 aromatic carbocycles. The number of thioether (sulfide) groups is 2. The summed E-state index contributed by atoms with van der Waals surface area (Å²) in [4.78, 5) is 11.9. The fourth-order valence-electron chi connectivity index (χ4n) is 2.80. The number of furan rings is 1. The Labute approximate surface area is 177 Å². The van der Waals surface area contributed by atoms with Crippen molar-refractivity contribution in [1.82, 2.24) is 5.43 Å². The van der Waals surface area contributed by atoms with E-state index in [-0.39, 0.29) is 12.5 Å². The van der Waals surface area contributed by atoms with Crippen molar-refractivity contribution in [2.45, 2.75) is 4.58 Å². The van der Waals surface area contributed by atoms with E-state index in [9.17, 15) is 4.79 Å². The number of hydrazone groups is 1. The van der Waals surface area contributed by atoms with Gasteiger partial charge in [0.2, 0.25) is 0 Å². The third-order valence-corrected chi connectivity index (χ3v) is 7.31. The summed E-state index contributed by atoms with van der Waals surface area (Å²) in [7, 11) is 0. The van der Waals surface area contributed by atoms with Crippen LogP contribution in [-0.4, -0.2) is 30.2 Å². The first-order valence-corrected chi connectivity index (χ1v) is 11.3. The van der Waals surface area contributed by atoms with Crippen LogP contribution in [0.25, 0.3) is 11.3 Å². The predicted octanol–water partition coefficient (Wildman–Crippen LogP) is 4.95. The number of nitrogens with zero attached hydrogens (tertiary/aromatic N) is 1. The first kappa shape index (κ1) is 19.7. The lowest BCUT2D eigenvalue weighted by atomic mass is 10.2. The van der Waals surface area contributed by atoms with E-state index >= 15 is 0 Å². The number of hydrogen-bond acceptors (Lipinski definition) is 6. The van der Waals surface area contributed by atoms with Gasteiger partial charge in [0, 0.05) is 17.1 Å². The molecule has 0 radical (unpaired) electrons. The molecule has 1 aromatic heterocycles. The van der Waals surface area contributed by atoms with Crippen LogP contribution >= 0.6 is 23.5 Å². The third-order valence-electron chi connectivity index (χ3n) is 4.21. The van der Waals surface area contributed by atoms with Gasteiger partial charge in [-0.25, -0.2) is 5.43 Å². The minimum Gasteiger partial charge on any atom is -0.484 e. The van der Waals surface area contributed by atoms with Crippen molar-refractivity contribution in [3.05, 3.63) is 78.1 Å². The van der Waals surface area contributed by atoms with Gasteiger partial charge in [-0.3, -0.25) is 4.79 Å². The summed E-state index contributed by atoms with van der Waals surface area (Å²) < 4.78 is 11.7. The molecule has 2 heterocycles. The Morgan fingerprint density at radius 2 is 1.83 bits per heavy atom. The standard InChI is InChI=1S/C22H20N2O3S2/c25-21(15-26-18-8-6-17(7-9-18)22-28-12-13-29-22)24-23-14-19-10-11-20(27-19)16-4-2-1-3-5-16/h1-11,14,22H,12-13,15H2,(H,24,25)/b23-14-. The summed E-state index contributed by atoms with van der Waals surface area (Å²) in [5.74, 6) is 4.03. The molecule has 5 nitrogen and oxygen atoms in total. The van der Waals surface area contributed by atoms with Crippen molar-refractivity contribution < 1.29 is 13.9 Å². The van der Waals surface area contributed by atoms with Crippen molar-refractivity contribution >= 4 is 35.6 Å². The van der Waals surface area contributed by atoms with Gasteiger partial charge in [0.05, 0.1) is 10.8 Å². The van der Waals surface area contributed by atoms with Gasteiger partial charge in [-0.05, 0) is 29.8 Å². The van der Waals surface area contributed by atoms with E-state index in [1.54, 1.807) is 6.07 Å². The van der Waals surface area contributed by atoms with Crippen LogP contribution in [0.15, 0.2) is 76.2 Å². The van der Waals surface area contributed by atoms with Gasteiger partial charge < -0.3 is 9.15 Å². The van der Waals surface area contributed by atoms with E-state index in [1.165, 1.54) is 23.3 Å². The second kappa shape index (κ2) is 9.71. The molecule has 1 N–H and O–H groups in total. The molecule has 1 fully saturated rings. The first-order valence-electron chi connectivity index (χ1n) is 9.21. The molecular formula is C22H20N2O3S2. The molecule has 0 saturated carbocycles. The van der Waals surface area contributed by atoms with E-state index in [4.69, 9.17) is 9.15 Å². The van der Waals surface area contributed by atoms with Crippen LogP contribution in [-0.2, 0) is 4.79 Å². The van der Waals surface area contributed by atoms with Gasteiger partial charge in [-0.15, -0.1) is 23.5 Å². The predicted molar refractivity (Wildman–Crippen MR) is 119 cm³/mol. The summed E-state index contributed by atoms with van der Waals surface area (Å²) in [6.07, 6.45) is 1.47. The zero-order chi connectivity index (χ0) is 19.9. The van der Waals surface area contributed by atoms with Crippen LogP contribution in [0.1, 0.15) is 15.9 Å². The molecule has 0 spiro atoms. The highest BCUT2D eigenvalue weighted by atomic mass is 32.2. The number of carbonyl (C=O) groups excluding carboxylic acids is 1. The summed E-state index contributed by atoms with van der Waals surface area (Å²) in [6.45, 7) is -0.100. The smallest absolute Gasteiger partial charge is 0.277 e. The van der Waals surface area contributed by atoms with Crippen LogP contribution < -0.4 is 10.2 Å². The highest BCUT2D eigenvalue weighted by molar-refractivity contribution is 8.19. The number of nitrogens with one attached hydrogen (secondary N) is 1. The SMILES string of the molecule is O=C(COc1ccc(C2SCCS2)cc1)N/N=C\c1ccc(-c2ccccc2)o1. The van der Waals surface area contributed by atoms with Gasteiger partial charge in [-0.2, -0.15) is 5.10 Å². The number of ether oxygens (including phenoxy) is 1. The first-order chi connectivity index (χ1) is 14.3. The minimum atomic E-state index is -0.331. The highest BCUT2D eigenvalue weighted by Crippen LogP contribution is 2.45. The molecule has 0 unspecified atom stereocenters. The van der Waals surface area contributed by atoms with Gasteiger partial charge >= 0.3 is 0 Å². The second-order valence-corrected chi connectivity index (χ2v) is 9.02. The number of benzene rings is 2. The quantitative estimate of drug-likeness (QED) is 0.429.